The molecule has 166 valence electrons. The average Bonchev–Trinajstić information content (AvgIpc) is 3.12. The highest BCUT2D eigenvalue weighted by Gasteiger charge is 2.24. The van der Waals surface area contributed by atoms with Crippen LogP contribution in [0.3, 0.4) is 0 Å². The van der Waals surface area contributed by atoms with E-state index in [9.17, 15) is 14.0 Å². The molecule has 0 unspecified atom stereocenters. The third-order valence-corrected chi connectivity index (χ3v) is 5.82. The zero-order chi connectivity index (χ0) is 22.7. The molecule has 2 heterocycles. The molecule has 1 fully saturated rings. The molecule has 2 aromatic carbocycles. The first-order valence-corrected chi connectivity index (χ1v) is 10.6. The number of rotatable bonds is 5. The van der Waals surface area contributed by atoms with Gasteiger partial charge in [0.15, 0.2) is 6.61 Å². The molecule has 0 atom stereocenters. The molecule has 6 nitrogen and oxygen atoms in total. The number of anilines is 1. The quantitative estimate of drug-likeness (QED) is 0.573. The molecule has 0 spiro atoms. The van der Waals surface area contributed by atoms with Crippen molar-refractivity contribution < 1.29 is 18.7 Å². The number of hydrogen-bond acceptors (Lipinski definition) is 4. The van der Waals surface area contributed by atoms with Crippen LogP contribution in [-0.4, -0.2) is 54.1 Å². The van der Waals surface area contributed by atoms with E-state index in [0.717, 1.165) is 30.2 Å². The summed E-state index contributed by atoms with van der Waals surface area (Å²) < 4.78 is 20.5. The maximum absolute atomic E-state index is 13.3. The third-order valence-electron chi connectivity index (χ3n) is 5.82. The minimum atomic E-state index is -0.539. The molecule has 0 aliphatic carbocycles. The van der Waals surface area contributed by atoms with Gasteiger partial charge in [-0.15, -0.1) is 0 Å². The zero-order valence-corrected chi connectivity index (χ0v) is 18.3. The van der Waals surface area contributed by atoms with Crippen molar-refractivity contribution in [3.63, 3.8) is 0 Å². The van der Waals surface area contributed by atoms with Gasteiger partial charge in [0.1, 0.15) is 5.82 Å². The van der Waals surface area contributed by atoms with Gasteiger partial charge < -0.3 is 19.1 Å². The Morgan fingerprint density at radius 3 is 2.22 bits per heavy atom. The molecule has 1 aliphatic rings. The van der Waals surface area contributed by atoms with Gasteiger partial charge in [0, 0.05) is 48.9 Å². The largest absolute Gasteiger partial charge is 0.452 e. The van der Waals surface area contributed by atoms with Crippen LogP contribution in [0.15, 0.2) is 60.7 Å². The van der Waals surface area contributed by atoms with Gasteiger partial charge in [-0.1, -0.05) is 18.2 Å². The second-order valence-corrected chi connectivity index (χ2v) is 7.88. The lowest BCUT2D eigenvalue weighted by Gasteiger charge is -2.36. The molecule has 32 heavy (non-hydrogen) atoms. The minimum Gasteiger partial charge on any atom is -0.452 e. The Kier molecular flexibility index (Phi) is 6.25. The number of nitrogens with zero attached hydrogens (tertiary/aromatic N) is 3. The molecule has 4 rings (SSSR count). The highest BCUT2D eigenvalue weighted by molar-refractivity contribution is 5.93. The maximum Gasteiger partial charge on any atom is 0.340 e. The lowest BCUT2D eigenvalue weighted by molar-refractivity contribution is -0.134. The Labute approximate surface area is 186 Å². The predicted molar refractivity (Wildman–Crippen MR) is 121 cm³/mol. The summed E-state index contributed by atoms with van der Waals surface area (Å²) in [5.74, 6) is -1.06. The number of benzene rings is 2. The van der Waals surface area contributed by atoms with Gasteiger partial charge >= 0.3 is 5.97 Å². The van der Waals surface area contributed by atoms with E-state index < -0.39 is 5.97 Å². The van der Waals surface area contributed by atoms with E-state index >= 15 is 0 Å². The fraction of sp³-hybridized carbons (Fsp3) is 0.280. The molecular formula is C25H26FN3O3. The van der Waals surface area contributed by atoms with Crippen LogP contribution in [0.1, 0.15) is 21.7 Å². The molecule has 1 aliphatic heterocycles. The Hall–Kier alpha value is -3.61. The average molecular weight is 435 g/mol. The smallest absolute Gasteiger partial charge is 0.340 e. The number of halogens is 1. The van der Waals surface area contributed by atoms with Crippen LogP contribution < -0.4 is 4.90 Å². The van der Waals surface area contributed by atoms with Crippen molar-refractivity contribution in [2.45, 2.75) is 13.8 Å². The number of hydrogen-bond donors (Lipinski definition) is 0. The molecule has 0 saturated carbocycles. The van der Waals surface area contributed by atoms with Gasteiger partial charge in [0.05, 0.1) is 5.56 Å². The number of piperazine rings is 1. The van der Waals surface area contributed by atoms with Crippen molar-refractivity contribution in [1.82, 2.24) is 9.47 Å². The molecule has 1 saturated heterocycles. The summed E-state index contributed by atoms with van der Waals surface area (Å²) in [7, 11) is 0. The van der Waals surface area contributed by atoms with Crippen molar-refractivity contribution in [2.75, 3.05) is 37.7 Å². The summed E-state index contributed by atoms with van der Waals surface area (Å²) >= 11 is 0. The predicted octanol–water partition coefficient (Wildman–Crippen LogP) is 3.74. The Morgan fingerprint density at radius 1 is 0.906 bits per heavy atom. The molecule has 0 radical (unpaired) electrons. The number of esters is 1. The van der Waals surface area contributed by atoms with Gasteiger partial charge in [-0.3, -0.25) is 4.79 Å². The van der Waals surface area contributed by atoms with E-state index in [1.807, 2.05) is 29.7 Å². The molecule has 1 amide bonds. The Morgan fingerprint density at radius 2 is 1.56 bits per heavy atom. The van der Waals surface area contributed by atoms with Gasteiger partial charge in [-0.05, 0) is 56.3 Å². The number of amides is 1. The van der Waals surface area contributed by atoms with E-state index in [0.29, 0.717) is 24.3 Å². The monoisotopic (exact) mass is 435 g/mol. The highest BCUT2D eigenvalue weighted by atomic mass is 19.1. The molecule has 1 aromatic heterocycles. The van der Waals surface area contributed by atoms with Crippen molar-refractivity contribution in [2.24, 2.45) is 0 Å². The van der Waals surface area contributed by atoms with Crippen LogP contribution in [0, 0.1) is 19.7 Å². The third kappa shape index (κ3) is 4.51. The second-order valence-electron chi connectivity index (χ2n) is 7.88. The van der Waals surface area contributed by atoms with Crippen LogP contribution >= 0.6 is 0 Å². The lowest BCUT2D eigenvalue weighted by Crippen LogP contribution is -2.49. The normalized spacial score (nSPS) is 13.8. The van der Waals surface area contributed by atoms with Crippen molar-refractivity contribution in [1.29, 1.82) is 0 Å². The molecule has 0 bridgehead atoms. The molecule has 3 aromatic rings. The Balaban J connectivity index is 1.34. The first kappa shape index (κ1) is 21.6. The molecule has 7 heteroatoms. The number of aryl methyl sites for hydroxylation is 1. The number of para-hydroxylation sites is 1. The first-order valence-electron chi connectivity index (χ1n) is 10.6. The van der Waals surface area contributed by atoms with Crippen molar-refractivity contribution in [3.8, 4) is 5.69 Å². The van der Waals surface area contributed by atoms with E-state index in [2.05, 4.69) is 17.0 Å². The fourth-order valence-electron chi connectivity index (χ4n) is 4.11. The fourth-order valence-corrected chi connectivity index (χ4v) is 4.11. The Bertz CT molecular complexity index is 1100. The van der Waals surface area contributed by atoms with Crippen LogP contribution in [-0.2, 0) is 9.53 Å². The number of aromatic nitrogens is 1. The maximum atomic E-state index is 13.3. The summed E-state index contributed by atoms with van der Waals surface area (Å²) in [5, 5.41) is 0. The summed E-state index contributed by atoms with van der Waals surface area (Å²) in [4.78, 5) is 29.2. The number of ether oxygens (including phenoxy) is 1. The van der Waals surface area contributed by atoms with E-state index in [4.69, 9.17) is 4.74 Å². The SMILES string of the molecule is Cc1cc(C(=O)OCC(=O)N2CCN(c3ccccc3)CC2)c(C)n1-c1ccc(F)cc1. The standard InChI is InChI=1S/C25H26FN3O3/c1-18-16-23(19(2)29(18)22-10-8-20(26)9-11-22)25(31)32-17-24(30)28-14-12-27(13-15-28)21-6-4-3-5-7-21/h3-11,16H,12-15,17H2,1-2H3. The topological polar surface area (TPSA) is 54.8 Å². The van der Waals surface area contributed by atoms with Crippen LogP contribution in [0.4, 0.5) is 10.1 Å². The highest BCUT2D eigenvalue weighted by Crippen LogP contribution is 2.22. The van der Waals surface area contributed by atoms with Crippen LogP contribution in [0.2, 0.25) is 0 Å². The van der Waals surface area contributed by atoms with Crippen molar-refractivity contribution >= 4 is 17.6 Å². The van der Waals surface area contributed by atoms with Gasteiger partial charge in [0.2, 0.25) is 0 Å². The van der Waals surface area contributed by atoms with E-state index in [-0.39, 0.29) is 18.3 Å². The second kappa shape index (κ2) is 9.26. The van der Waals surface area contributed by atoms with E-state index in [1.165, 1.54) is 12.1 Å². The lowest BCUT2D eigenvalue weighted by atomic mass is 10.2. The number of carbonyl (C=O) groups excluding carboxylic acids is 2. The van der Waals surface area contributed by atoms with Gasteiger partial charge in [-0.2, -0.15) is 0 Å². The first-order chi connectivity index (χ1) is 15.4. The van der Waals surface area contributed by atoms with Crippen LogP contribution in [0.25, 0.3) is 5.69 Å². The summed E-state index contributed by atoms with van der Waals surface area (Å²) in [5.41, 5.74) is 3.80. The van der Waals surface area contributed by atoms with Gasteiger partial charge in [-0.25, -0.2) is 9.18 Å². The molecule has 0 N–H and O–H groups in total. The molecular weight excluding hydrogens is 409 g/mol. The van der Waals surface area contributed by atoms with Crippen molar-refractivity contribution in [3.05, 3.63) is 83.4 Å². The number of carbonyl (C=O) groups is 2. The van der Waals surface area contributed by atoms with E-state index in [1.54, 1.807) is 30.0 Å². The summed E-state index contributed by atoms with van der Waals surface area (Å²) in [6.45, 7) is 6.03. The minimum absolute atomic E-state index is 0.196. The van der Waals surface area contributed by atoms with Crippen LogP contribution in [0.5, 0.6) is 0 Å². The van der Waals surface area contributed by atoms with Gasteiger partial charge in [0.25, 0.3) is 5.91 Å². The summed E-state index contributed by atoms with van der Waals surface area (Å²) in [6.07, 6.45) is 0. The zero-order valence-electron chi connectivity index (χ0n) is 18.3. The summed E-state index contributed by atoms with van der Waals surface area (Å²) in [6, 6.07) is 17.9.